The van der Waals surface area contributed by atoms with Crippen molar-refractivity contribution in [3.63, 3.8) is 0 Å². The molecule has 0 saturated heterocycles. The highest BCUT2D eigenvalue weighted by atomic mass is 35.5. The number of fused-ring (bicyclic) bond motifs is 1. The molecule has 3 rings (SSSR count). The van der Waals surface area contributed by atoms with E-state index >= 15 is 0 Å². The molecule has 0 aliphatic rings. The van der Waals surface area contributed by atoms with Crippen molar-refractivity contribution in [2.75, 3.05) is 11.9 Å². The second-order valence-corrected chi connectivity index (χ2v) is 6.07. The molecule has 0 amide bonds. The summed E-state index contributed by atoms with van der Waals surface area (Å²) in [6, 6.07) is 9.81. The van der Waals surface area contributed by atoms with Gasteiger partial charge in [0.1, 0.15) is 16.4 Å². The predicted molar refractivity (Wildman–Crippen MR) is 88.1 cm³/mol. The Hall–Kier alpha value is -1.85. The van der Waals surface area contributed by atoms with Gasteiger partial charge < -0.3 is 10.1 Å². The van der Waals surface area contributed by atoms with Crippen LogP contribution in [0.4, 0.5) is 11.5 Å². The highest BCUT2D eigenvalue weighted by molar-refractivity contribution is 7.18. The lowest BCUT2D eigenvalue weighted by Crippen LogP contribution is -1.96. The van der Waals surface area contributed by atoms with Gasteiger partial charge in [-0.3, -0.25) is 0 Å². The number of halogens is 1. The number of hydrogen-bond donors (Lipinski definition) is 1. The Balaban J connectivity index is 1.93. The van der Waals surface area contributed by atoms with Gasteiger partial charge in [0.25, 0.3) is 0 Å². The summed E-state index contributed by atoms with van der Waals surface area (Å²) in [6.07, 6.45) is 0. The summed E-state index contributed by atoms with van der Waals surface area (Å²) in [6.45, 7) is 4.66. The van der Waals surface area contributed by atoms with Crippen LogP contribution in [0.5, 0.6) is 5.75 Å². The monoisotopic (exact) mass is 319 g/mol. The van der Waals surface area contributed by atoms with Crippen LogP contribution in [0, 0.1) is 6.92 Å². The van der Waals surface area contributed by atoms with E-state index in [0.717, 1.165) is 27.5 Å². The average molecular weight is 320 g/mol. The van der Waals surface area contributed by atoms with E-state index in [2.05, 4.69) is 21.4 Å². The molecule has 0 radical (unpaired) electrons. The fraction of sp³-hybridized carbons (Fsp3) is 0.200. The molecule has 0 fully saturated rings. The molecule has 6 heteroatoms. The topological polar surface area (TPSA) is 47.0 Å². The third-order valence-electron chi connectivity index (χ3n) is 2.92. The first kappa shape index (κ1) is 14.1. The first-order chi connectivity index (χ1) is 10.2. The van der Waals surface area contributed by atoms with Crippen LogP contribution < -0.4 is 10.1 Å². The van der Waals surface area contributed by atoms with Crippen LogP contribution in [0.15, 0.2) is 30.3 Å². The SMILES string of the molecule is CCOc1ccc(Nc2nc(Cl)nc3sc(C)cc23)cc1. The number of ether oxygens (including phenoxy) is 1. The summed E-state index contributed by atoms with van der Waals surface area (Å²) >= 11 is 7.59. The quantitative estimate of drug-likeness (QED) is 0.702. The Morgan fingerprint density at radius 2 is 2.00 bits per heavy atom. The Kier molecular flexibility index (Phi) is 3.94. The van der Waals surface area contributed by atoms with Crippen molar-refractivity contribution in [2.45, 2.75) is 13.8 Å². The molecule has 108 valence electrons. The molecule has 0 spiro atoms. The molecule has 3 aromatic rings. The van der Waals surface area contributed by atoms with Crippen LogP contribution in [0.3, 0.4) is 0 Å². The zero-order chi connectivity index (χ0) is 14.8. The van der Waals surface area contributed by atoms with Gasteiger partial charge in [-0.25, -0.2) is 4.98 Å². The maximum absolute atomic E-state index is 5.99. The molecule has 1 aromatic carbocycles. The molecule has 0 saturated carbocycles. The van der Waals surface area contributed by atoms with Crippen LogP contribution in [0.1, 0.15) is 11.8 Å². The van der Waals surface area contributed by atoms with Crippen LogP contribution in [-0.2, 0) is 0 Å². The van der Waals surface area contributed by atoms with E-state index in [9.17, 15) is 0 Å². The molecular formula is C15H14ClN3OS. The number of aromatic nitrogens is 2. The van der Waals surface area contributed by atoms with E-state index in [1.165, 1.54) is 4.88 Å². The molecule has 2 aromatic heterocycles. The zero-order valence-corrected chi connectivity index (χ0v) is 13.3. The number of aryl methyl sites for hydroxylation is 1. The maximum Gasteiger partial charge on any atom is 0.225 e. The molecular weight excluding hydrogens is 306 g/mol. The normalized spacial score (nSPS) is 10.8. The molecule has 0 aliphatic carbocycles. The molecule has 0 aliphatic heterocycles. The first-order valence-corrected chi connectivity index (χ1v) is 7.78. The number of rotatable bonds is 4. The Bertz CT molecular complexity index is 770. The fourth-order valence-corrected chi connectivity index (χ4v) is 3.15. The third-order valence-corrected chi connectivity index (χ3v) is 4.03. The molecule has 21 heavy (non-hydrogen) atoms. The van der Waals surface area contributed by atoms with E-state index in [4.69, 9.17) is 16.3 Å². The largest absolute Gasteiger partial charge is 0.494 e. The summed E-state index contributed by atoms with van der Waals surface area (Å²) < 4.78 is 5.43. The number of anilines is 2. The van der Waals surface area contributed by atoms with Crippen molar-refractivity contribution >= 4 is 44.7 Å². The first-order valence-electron chi connectivity index (χ1n) is 6.59. The maximum atomic E-state index is 5.99. The second kappa shape index (κ2) is 5.87. The van der Waals surface area contributed by atoms with Gasteiger partial charge in [0.2, 0.25) is 5.28 Å². The van der Waals surface area contributed by atoms with Crippen LogP contribution in [0.25, 0.3) is 10.2 Å². The second-order valence-electron chi connectivity index (χ2n) is 4.50. The number of thiophene rings is 1. The van der Waals surface area contributed by atoms with Gasteiger partial charge >= 0.3 is 0 Å². The van der Waals surface area contributed by atoms with Crippen molar-refractivity contribution in [1.82, 2.24) is 9.97 Å². The summed E-state index contributed by atoms with van der Waals surface area (Å²) in [4.78, 5) is 10.6. The van der Waals surface area contributed by atoms with Gasteiger partial charge in [-0.15, -0.1) is 11.3 Å². The van der Waals surface area contributed by atoms with Crippen molar-refractivity contribution in [3.8, 4) is 5.75 Å². The van der Waals surface area contributed by atoms with Crippen molar-refractivity contribution in [2.24, 2.45) is 0 Å². The fourth-order valence-electron chi connectivity index (χ4n) is 2.05. The van der Waals surface area contributed by atoms with E-state index in [0.29, 0.717) is 6.61 Å². The van der Waals surface area contributed by atoms with Crippen molar-refractivity contribution < 1.29 is 4.74 Å². The van der Waals surface area contributed by atoms with Gasteiger partial charge in [0, 0.05) is 10.6 Å². The molecule has 4 nitrogen and oxygen atoms in total. The van der Waals surface area contributed by atoms with Gasteiger partial charge in [0.05, 0.1) is 12.0 Å². The van der Waals surface area contributed by atoms with Crippen molar-refractivity contribution in [3.05, 3.63) is 40.5 Å². The number of benzene rings is 1. The minimum Gasteiger partial charge on any atom is -0.494 e. The number of nitrogens with one attached hydrogen (secondary N) is 1. The van der Waals surface area contributed by atoms with Gasteiger partial charge in [0.15, 0.2) is 0 Å². The molecule has 0 atom stereocenters. The summed E-state index contributed by atoms with van der Waals surface area (Å²) in [7, 11) is 0. The Morgan fingerprint density at radius 3 is 2.71 bits per heavy atom. The highest BCUT2D eigenvalue weighted by Crippen LogP contribution is 2.31. The zero-order valence-electron chi connectivity index (χ0n) is 11.7. The van der Waals surface area contributed by atoms with Gasteiger partial charge in [-0.1, -0.05) is 0 Å². The molecule has 1 N–H and O–H groups in total. The van der Waals surface area contributed by atoms with Gasteiger partial charge in [-0.2, -0.15) is 4.98 Å². The molecule has 2 heterocycles. The highest BCUT2D eigenvalue weighted by Gasteiger charge is 2.10. The van der Waals surface area contributed by atoms with E-state index in [-0.39, 0.29) is 5.28 Å². The van der Waals surface area contributed by atoms with E-state index in [1.54, 1.807) is 11.3 Å². The van der Waals surface area contributed by atoms with E-state index < -0.39 is 0 Å². The average Bonchev–Trinajstić information content (AvgIpc) is 2.81. The Labute approximate surface area is 131 Å². The lowest BCUT2D eigenvalue weighted by atomic mass is 10.3. The smallest absolute Gasteiger partial charge is 0.225 e. The standard InChI is InChI=1S/C15H14ClN3OS/c1-3-20-11-6-4-10(5-7-11)17-13-12-8-9(2)21-14(12)19-15(16)18-13/h4-8H,3H2,1-2H3,(H,17,18,19). The third kappa shape index (κ3) is 3.09. The van der Waals surface area contributed by atoms with Crippen LogP contribution in [0.2, 0.25) is 5.28 Å². The lowest BCUT2D eigenvalue weighted by molar-refractivity contribution is 0.340. The summed E-state index contributed by atoms with van der Waals surface area (Å²) in [5.74, 6) is 1.57. The lowest BCUT2D eigenvalue weighted by Gasteiger charge is -2.08. The predicted octanol–water partition coefficient (Wildman–Crippen LogP) is 4.80. The van der Waals surface area contributed by atoms with Crippen LogP contribution >= 0.6 is 22.9 Å². The number of hydrogen-bond acceptors (Lipinski definition) is 5. The summed E-state index contributed by atoms with van der Waals surface area (Å²) in [5, 5.41) is 4.52. The van der Waals surface area contributed by atoms with Gasteiger partial charge in [-0.05, 0) is 55.8 Å². The minimum atomic E-state index is 0.248. The Morgan fingerprint density at radius 1 is 1.24 bits per heavy atom. The molecule has 0 unspecified atom stereocenters. The van der Waals surface area contributed by atoms with Crippen molar-refractivity contribution in [1.29, 1.82) is 0 Å². The van der Waals surface area contributed by atoms with E-state index in [1.807, 2.05) is 38.1 Å². The number of nitrogens with zero attached hydrogens (tertiary/aromatic N) is 2. The minimum absolute atomic E-state index is 0.248. The van der Waals surface area contributed by atoms with Crippen LogP contribution in [-0.4, -0.2) is 16.6 Å². The summed E-state index contributed by atoms with van der Waals surface area (Å²) in [5.41, 5.74) is 0.929. The molecule has 0 bridgehead atoms.